The SMILES string of the molecule is CNS(=O)(=O)c1ccc(Nc2ccc3c(c2)n(C)c(=O)n3C)c([N+](=O)[O-])c1. The Morgan fingerprint density at radius 3 is 2.33 bits per heavy atom. The lowest BCUT2D eigenvalue weighted by atomic mass is 10.2. The van der Waals surface area contributed by atoms with Crippen LogP contribution in [0.3, 0.4) is 0 Å². The third-order valence-electron chi connectivity index (χ3n) is 4.30. The van der Waals surface area contributed by atoms with Crippen molar-refractivity contribution in [3.63, 3.8) is 0 Å². The van der Waals surface area contributed by atoms with Crippen LogP contribution in [0.15, 0.2) is 46.1 Å². The second-order valence-corrected chi connectivity index (χ2v) is 7.76. The third-order valence-corrected chi connectivity index (χ3v) is 5.71. The van der Waals surface area contributed by atoms with Crippen LogP contribution in [0.2, 0.25) is 0 Å². The highest BCUT2D eigenvalue weighted by Gasteiger charge is 2.20. The van der Waals surface area contributed by atoms with Gasteiger partial charge in [-0.15, -0.1) is 0 Å². The molecule has 0 saturated heterocycles. The molecule has 27 heavy (non-hydrogen) atoms. The Bertz CT molecular complexity index is 1230. The number of hydrogen-bond acceptors (Lipinski definition) is 6. The Morgan fingerprint density at radius 2 is 1.70 bits per heavy atom. The van der Waals surface area contributed by atoms with Crippen LogP contribution in [-0.4, -0.2) is 29.5 Å². The highest BCUT2D eigenvalue weighted by Crippen LogP contribution is 2.31. The van der Waals surface area contributed by atoms with Crippen LogP contribution in [0, 0.1) is 10.1 Å². The Hall–Kier alpha value is -3.18. The van der Waals surface area contributed by atoms with E-state index in [1.807, 2.05) is 0 Å². The lowest BCUT2D eigenvalue weighted by Gasteiger charge is -2.09. The number of aryl methyl sites for hydroxylation is 2. The smallest absolute Gasteiger partial charge is 0.328 e. The number of hydrogen-bond donors (Lipinski definition) is 2. The number of benzene rings is 2. The van der Waals surface area contributed by atoms with Crippen molar-refractivity contribution in [2.24, 2.45) is 14.1 Å². The van der Waals surface area contributed by atoms with Gasteiger partial charge in [0.05, 0.1) is 20.9 Å². The van der Waals surface area contributed by atoms with Gasteiger partial charge in [-0.05, 0) is 37.4 Å². The van der Waals surface area contributed by atoms with E-state index in [9.17, 15) is 23.3 Å². The molecule has 1 aromatic heterocycles. The van der Waals surface area contributed by atoms with Gasteiger partial charge < -0.3 is 5.32 Å². The van der Waals surface area contributed by atoms with Gasteiger partial charge in [-0.3, -0.25) is 19.2 Å². The minimum absolute atomic E-state index is 0.135. The molecule has 0 aliphatic rings. The van der Waals surface area contributed by atoms with Gasteiger partial charge in [0.2, 0.25) is 10.0 Å². The minimum Gasteiger partial charge on any atom is -0.350 e. The maximum atomic E-state index is 12.0. The van der Waals surface area contributed by atoms with Gasteiger partial charge in [-0.1, -0.05) is 0 Å². The quantitative estimate of drug-likeness (QED) is 0.500. The zero-order valence-corrected chi connectivity index (χ0v) is 15.6. The van der Waals surface area contributed by atoms with E-state index in [0.717, 1.165) is 11.6 Å². The van der Waals surface area contributed by atoms with Gasteiger partial charge in [-0.25, -0.2) is 17.9 Å². The van der Waals surface area contributed by atoms with Gasteiger partial charge in [0.15, 0.2) is 0 Å². The summed E-state index contributed by atoms with van der Waals surface area (Å²) in [7, 11) is 0.715. The summed E-state index contributed by atoms with van der Waals surface area (Å²) in [5.74, 6) is 0. The molecule has 2 aromatic carbocycles. The van der Waals surface area contributed by atoms with Crippen molar-refractivity contribution in [3.8, 4) is 0 Å². The van der Waals surface area contributed by atoms with Crippen LogP contribution in [0.25, 0.3) is 11.0 Å². The summed E-state index contributed by atoms with van der Waals surface area (Å²) >= 11 is 0. The monoisotopic (exact) mass is 391 g/mol. The predicted molar refractivity (Wildman–Crippen MR) is 101 cm³/mol. The highest BCUT2D eigenvalue weighted by atomic mass is 32.2. The summed E-state index contributed by atoms with van der Waals surface area (Å²) in [6, 6.07) is 8.70. The van der Waals surface area contributed by atoms with Crippen LogP contribution in [0.5, 0.6) is 0 Å². The first-order valence-electron chi connectivity index (χ1n) is 7.80. The predicted octanol–water partition coefficient (Wildman–Crippen LogP) is 1.44. The summed E-state index contributed by atoms with van der Waals surface area (Å²) in [6.45, 7) is 0. The molecule has 0 radical (unpaired) electrons. The molecule has 3 rings (SSSR count). The third kappa shape index (κ3) is 3.17. The zero-order chi connectivity index (χ0) is 19.9. The molecule has 3 aromatic rings. The molecule has 11 heteroatoms. The topological polar surface area (TPSA) is 128 Å². The molecular weight excluding hydrogens is 374 g/mol. The van der Waals surface area contributed by atoms with E-state index in [1.165, 1.54) is 28.3 Å². The van der Waals surface area contributed by atoms with Gasteiger partial charge >= 0.3 is 5.69 Å². The first kappa shape index (κ1) is 18.6. The lowest BCUT2D eigenvalue weighted by molar-refractivity contribution is -0.384. The number of nitrogens with one attached hydrogen (secondary N) is 2. The maximum Gasteiger partial charge on any atom is 0.328 e. The Morgan fingerprint density at radius 1 is 1.04 bits per heavy atom. The molecule has 10 nitrogen and oxygen atoms in total. The van der Waals surface area contributed by atoms with Crippen LogP contribution < -0.4 is 15.7 Å². The minimum atomic E-state index is -3.80. The molecular formula is C16H17N5O5S. The van der Waals surface area contributed by atoms with Gasteiger partial charge in [0.1, 0.15) is 5.69 Å². The molecule has 0 saturated carbocycles. The van der Waals surface area contributed by atoms with Crippen molar-refractivity contribution < 1.29 is 13.3 Å². The molecule has 1 heterocycles. The first-order valence-corrected chi connectivity index (χ1v) is 9.28. The summed E-state index contributed by atoms with van der Waals surface area (Å²) in [4.78, 5) is 22.5. The average Bonchev–Trinajstić information content (AvgIpc) is 2.86. The second kappa shape index (κ2) is 6.52. The highest BCUT2D eigenvalue weighted by molar-refractivity contribution is 7.89. The molecule has 0 spiro atoms. The molecule has 0 aliphatic carbocycles. The van der Waals surface area contributed by atoms with Crippen LogP contribution in [-0.2, 0) is 24.1 Å². The van der Waals surface area contributed by atoms with E-state index in [4.69, 9.17) is 0 Å². The van der Waals surface area contributed by atoms with Crippen molar-refractivity contribution in [2.75, 3.05) is 12.4 Å². The number of aromatic nitrogens is 2. The van der Waals surface area contributed by atoms with Gasteiger partial charge in [0, 0.05) is 25.8 Å². The molecule has 0 bridgehead atoms. The fourth-order valence-corrected chi connectivity index (χ4v) is 3.54. The van der Waals surface area contributed by atoms with Crippen molar-refractivity contribution in [1.82, 2.24) is 13.9 Å². The number of anilines is 2. The van der Waals surface area contributed by atoms with Crippen molar-refractivity contribution in [2.45, 2.75) is 4.90 Å². The molecule has 2 N–H and O–H groups in total. The first-order chi connectivity index (χ1) is 12.7. The molecule has 0 atom stereocenters. The summed E-state index contributed by atoms with van der Waals surface area (Å²) < 4.78 is 28.8. The Kier molecular flexibility index (Phi) is 4.49. The van der Waals surface area contributed by atoms with E-state index in [2.05, 4.69) is 10.0 Å². The number of nitro benzene ring substituents is 1. The van der Waals surface area contributed by atoms with Crippen LogP contribution in [0.4, 0.5) is 17.1 Å². The number of nitro groups is 1. The number of imidazole rings is 1. The van der Waals surface area contributed by atoms with E-state index in [-0.39, 0.29) is 22.0 Å². The van der Waals surface area contributed by atoms with Gasteiger partial charge in [-0.2, -0.15) is 0 Å². The van der Waals surface area contributed by atoms with Crippen LogP contribution >= 0.6 is 0 Å². The van der Waals surface area contributed by atoms with Crippen molar-refractivity contribution in [1.29, 1.82) is 0 Å². The summed E-state index contributed by atoms with van der Waals surface area (Å²) in [6.07, 6.45) is 0. The number of rotatable bonds is 5. The largest absolute Gasteiger partial charge is 0.350 e. The molecule has 0 aliphatic heterocycles. The Balaban J connectivity index is 2.07. The fraction of sp³-hybridized carbons (Fsp3) is 0.188. The average molecular weight is 391 g/mol. The maximum absolute atomic E-state index is 12.0. The zero-order valence-electron chi connectivity index (χ0n) is 14.8. The normalized spacial score (nSPS) is 11.7. The molecule has 0 unspecified atom stereocenters. The molecule has 0 fully saturated rings. The number of sulfonamides is 1. The second-order valence-electron chi connectivity index (χ2n) is 5.87. The number of nitrogens with zero attached hydrogens (tertiary/aromatic N) is 3. The fourth-order valence-electron chi connectivity index (χ4n) is 2.79. The van der Waals surface area contributed by atoms with E-state index in [1.54, 1.807) is 32.3 Å². The summed E-state index contributed by atoms with van der Waals surface area (Å²) in [5, 5.41) is 14.3. The molecule has 142 valence electrons. The lowest BCUT2D eigenvalue weighted by Crippen LogP contribution is -2.19. The van der Waals surface area contributed by atoms with E-state index in [0.29, 0.717) is 11.2 Å². The van der Waals surface area contributed by atoms with Crippen molar-refractivity contribution in [3.05, 3.63) is 57.0 Å². The van der Waals surface area contributed by atoms with Crippen LogP contribution in [0.1, 0.15) is 0 Å². The van der Waals surface area contributed by atoms with Gasteiger partial charge in [0.25, 0.3) is 5.69 Å². The number of fused-ring (bicyclic) bond motifs is 1. The van der Waals surface area contributed by atoms with Crippen molar-refractivity contribution >= 4 is 38.1 Å². The molecule has 0 amide bonds. The Labute approximate surface area is 154 Å². The standard InChI is InChI=1S/C16H17N5O5S/c1-17-27(25,26)11-5-6-12(14(9-11)21(23)24)18-10-4-7-13-15(8-10)20(3)16(22)19(13)2/h4-9,17-18H,1-3H3. The summed E-state index contributed by atoms with van der Waals surface area (Å²) in [5.41, 5.74) is 1.47. The van der Waals surface area contributed by atoms with E-state index < -0.39 is 14.9 Å². The van der Waals surface area contributed by atoms with E-state index >= 15 is 0 Å².